The molecule has 1 N–H and O–H groups in total. The van der Waals surface area contributed by atoms with E-state index in [1.54, 1.807) is 12.4 Å². The van der Waals surface area contributed by atoms with Crippen LogP contribution < -0.4 is 5.32 Å². The lowest BCUT2D eigenvalue weighted by atomic mass is 9.72. The topological polar surface area (TPSA) is 54.5 Å². The molecule has 3 heterocycles. The maximum absolute atomic E-state index is 12.6. The second kappa shape index (κ2) is 7.16. The Balaban J connectivity index is 1.29. The van der Waals surface area contributed by atoms with Crippen LogP contribution in [0.5, 0.6) is 0 Å². The number of nitrogens with zero attached hydrogens (tertiary/aromatic N) is 2. The molecule has 134 valence electrons. The van der Waals surface area contributed by atoms with Crippen molar-refractivity contribution in [3.05, 3.63) is 36.2 Å². The first-order valence-electron chi connectivity index (χ1n) is 9.50. The lowest BCUT2D eigenvalue weighted by Gasteiger charge is -2.47. The fraction of sp³-hybridized carbons (Fsp3) is 0.600. The van der Waals surface area contributed by atoms with Gasteiger partial charge in [0.25, 0.3) is 0 Å². The summed E-state index contributed by atoms with van der Waals surface area (Å²) in [6, 6.07) is 4.08. The molecule has 5 nitrogen and oxygen atoms in total. The zero-order valence-corrected chi connectivity index (χ0v) is 14.7. The molecule has 1 saturated heterocycles. The highest BCUT2D eigenvalue weighted by atomic mass is 16.5. The van der Waals surface area contributed by atoms with Crippen molar-refractivity contribution in [3.63, 3.8) is 0 Å². The van der Waals surface area contributed by atoms with Gasteiger partial charge in [-0.25, -0.2) is 4.79 Å². The monoisotopic (exact) mass is 341 g/mol. The Kier molecular flexibility index (Phi) is 4.75. The molecule has 2 fully saturated rings. The van der Waals surface area contributed by atoms with Crippen molar-refractivity contribution >= 4 is 11.6 Å². The SMILES string of the molecule is O=C(NCC1CCOC2(CCC2)C1)N1CCC=C(c2ccncc2)C1. The van der Waals surface area contributed by atoms with Crippen LogP contribution in [-0.2, 0) is 4.74 Å². The molecule has 1 spiro atoms. The minimum atomic E-state index is 0.0637. The van der Waals surface area contributed by atoms with Gasteiger partial charge in [-0.15, -0.1) is 0 Å². The summed E-state index contributed by atoms with van der Waals surface area (Å²) in [6.07, 6.45) is 12.6. The third-order valence-corrected chi connectivity index (χ3v) is 5.89. The van der Waals surface area contributed by atoms with Gasteiger partial charge in [0.15, 0.2) is 0 Å². The summed E-state index contributed by atoms with van der Waals surface area (Å²) in [5.41, 5.74) is 2.52. The van der Waals surface area contributed by atoms with Crippen molar-refractivity contribution in [1.29, 1.82) is 0 Å². The number of carbonyl (C=O) groups excluding carboxylic acids is 1. The quantitative estimate of drug-likeness (QED) is 0.918. The number of rotatable bonds is 3. The predicted molar refractivity (Wildman–Crippen MR) is 97.1 cm³/mol. The van der Waals surface area contributed by atoms with Gasteiger partial charge in [-0.3, -0.25) is 4.98 Å². The zero-order chi connectivity index (χ0) is 17.1. The van der Waals surface area contributed by atoms with Crippen LogP contribution in [0.4, 0.5) is 4.79 Å². The first-order valence-corrected chi connectivity index (χ1v) is 9.50. The Morgan fingerprint density at radius 3 is 2.96 bits per heavy atom. The molecule has 1 saturated carbocycles. The van der Waals surface area contributed by atoms with Crippen LogP contribution >= 0.6 is 0 Å². The molecule has 1 atom stereocenters. The number of hydrogen-bond donors (Lipinski definition) is 1. The molecule has 0 bridgehead atoms. The van der Waals surface area contributed by atoms with Crippen molar-refractivity contribution in [3.8, 4) is 0 Å². The molecule has 3 aliphatic rings. The van der Waals surface area contributed by atoms with Gasteiger partial charge >= 0.3 is 6.03 Å². The lowest BCUT2D eigenvalue weighted by Crippen LogP contribution is -2.49. The summed E-state index contributed by atoms with van der Waals surface area (Å²) in [5, 5.41) is 3.17. The molecule has 2 aliphatic heterocycles. The number of urea groups is 1. The molecule has 5 heteroatoms. The zero-order valence-electron chi connectivity index (χ0n) is 14.7. The van der Waals surface area contributed by atoms with E-state index >= 15 is 0 Å². The van der Waals surface area contributed by atoms with Crippen LogP contribution in [0.1, 0.15) is 44.1 Å². The lowest BCUT2D eigenvalue weighted by molar-refractivity contribution is -0.142. The first kappa shape index (κ1) is 16.6. The van der Waals surface area contributed by atoms with E-state index in [4.69, 9.17) is 4.74 Å². The molecule has 0 radical (unpaired) electrons. The van der Waals surface area contributed by atoms with E-state index in [9.17, 15) is 4.79 Å². The number of ether oxygens (including phenoxy) is 1. The van der Waals surface area contributed by atoms with Gasteiger partial charge in [0.2, 0.25) is 0 Å². The largest absolute Gasteiger partial charge is 0.375 e. The fourth-order valence-electron chi connectivity index (χ4n) is 4.26. The summed E-state index contributed by atoms with van der Waals surface area (Å²) < 4.78 is 5.98. The van der Waals surface area contributed by atoms with Gasteiger partial charge in [-0.05, 0) is 67.7 Å². The predicted octanol–water partition coefficient (Wildman–Crippen LogP) is 3.23. The second-order valence-electron chi connectivity index (χ2n) is 7.61. The van der Waals surface area contributed by atoms with Gasteiger partial charge in [-0.1, -0.05) is 6.08 Å². The highest BCUT2D eigenvalue weighted by Gasteiger charge is 2.42. The van der Waals surface area contributed by atoms with E-state index in [1.165, 1.54) is 24.8 Å². The third-order valence-electron chi connectivity index (χ3n) is 5.89. The van der Waals surface area contributed by atoms with Crippen LogP contribution in [0.3, 0.4) is 0 Å². The van der Waals surface area contributed by atoms with Crippen molar-refractivity contribution in [1.82, 2.24) is 15.2 Å². The fourth-order valence-corrected chi connectivity index (χ4v) is 4.26. The Bertz CT molecular complexity index is 640. The highest BCUT2D eigenvalue weighted by molar-refractivity contribution is 5.78. The van der Waals surface area contributed by atoms with Crippen LogP contribution in [-0.4, -0.2) is 47.8 Å². The summed E-state index contributed by atoms with van der Waals surface area (Å²) in [6.45, 7) is 3.08. The molecular formula is C20H27N3O2. The molecule has 0 aromatic carbocycles. The standard InChI is InChI=1S/C20H27N3O2/c24-19(22-14-16-6-12-25-20(13-16)7-2-8-20)23-11-1-3-18(15-23)17-4-9-21-10-5-17/h3-5,9-10,16H,1-2,6-8,11-15H2,(H,22,24). The van der Waals surface area contributed by atoms with Crippen molar-refractivity contribution < 1.29 is 9.53 Å². The van der Waals surface area contributed by atoms with Crippen LogP contribution in [0.15, 0.2) is 30.6 Å². The minimum absolute atomic E-state index is 0.0637. The number of pyridine rings is 1. The van der Waals surface area contributed by atoms with Crippen LogP contribution in [0, 0.1) is 5.92 Å². The van der Waals surface area contributed by atoms with E-state index in [1.807, 2.05) is 17.0 Å². The van der Waals surface area contributed by atoms with Crippen molar-refractivity contribution in [2.45, 2.75) is 44.1 Å². The first-order chi connectivity index (χ1) is 12.2. The number of aromatic nitrogens is 1. The van der Waals surface area contributed by atoms with Gasteiger partial charge < -0.3 is 15.0 Å². The maximum atomic E-state index is 12.6. The van der Waals surface area contributed by atoms with Crippen LogP contribution in [0.2, 0.25) is 0 Å². The number of carbonyl (C=O) groups is 1. The maximum Gasteiger partial charge on any atom is 0.317 e. The highest BCUT2D eigenvalue weighted by Crippen LogP contribution is 2.44. The second-order valence-corrected chi connectivity index (χ2v) is 7.61. The molecule has 25 heavy (non-hydrogen) atoms. The molecule has 1 unspecified atom stereocenters. The number of amides is 2. The van der Waals surface area contributed by atoms with Crippen molar-refractivity contribution in [2.75, 3.05) is 26.2 Å². The van der Waals surface area contributed by atoms with Crippen molar-refractivity contribution in [2.24, 2.45) is 5.92 Å². The molecule has 1 aliphatic carbocycles. The number of hydrogen-bond acceptors (Lipinski definition) is 3. The molecule has 1 aromatic rings. The summed E-state index contributed by atoms with van der Waals surface area (Å²) in [7, 11) is 0. The normalized spacial score (nSPS) is 25.2. The summed E-state index contributed by atoms with van der Waals surface area (Å²) >= 11 is 0. The Hall–Kier alpha value is -1.88. The molecule has 2 amide bonds. The Morgan fingerprint density at radius 1 is 1.36 bits per heavy atom. The Labute approximate surface area is 149 Å². The van der Waals surface area contributed by atoms with Gasteiger partial charge in [0.1, 0.15) is 0 Å². The summed E-state index contributed by atoms with van der Waals surface area (Å²) in [4.78, 5) is 18.6. The van der Waals surface area contributed by atoms with Gasteiger partial charge in [0, 0.05) is 38.6 Å². The van der Waals surface area contributed by atoms with Crippen LogP contribution in [0.25, 0.3) is 5.57 Å². The third kappa shape index (κ3) is 3.71. The van der Waals surface area contributed by atoms with Gasteiger partial charge in [-0.2, -0.15) is 0 Å². The van der Waals surface area contributed by atoms with E-state index in [2.05, 4.69) is 16.4 Å². The average Bonchev–Trinajstić information content (AvgIpc) is 2.66. The van der Waals surface area contributed by atoms with E-state index in [0.717, 1.165) is 44.5 Å². The molecular weight excluding hydrogens is 314 g/mol. The minimum Gasteiger partial charge on any atom is -0.375 e. The van der Waals surface area contributed by atoms with Gasteiger partial charge in [0.05, 0.1) is 5.60 Å². The summed E-state index contributed by atoms with van der Waals surface area (Å²) in [5.74, 6) is 0.554. The number of nitrogens with one attached hydrogen (secondary N) is 1. The molecule has 1 aromatic heterocycles. The Morgan fingerprint density at radius 2 is 2.20 bits per heavy atom. The molecule has 4 rings (SSSR count). The van der Waals surface area contributed by atoms with E-state index in [0.29, 0.717) is 12.5 Å². The van der Waals surface area contributed by atoms with E-state index < -0.39 is 0 Å². The van der Waals surface area contributed by atoms with E-state index in [-0.39, 0.29) is 11.6 Å². The average molecular weight is 341 g/mol. The smallest absolute Gasteiger partial charge is 0.317 e.